The van der Waals surface area contributed by atoms with Crippen molar-refractivity contribution >= 4 is 25.3 Å². The molecule has 0 saturated carbocycles. The summed E-state index contributed by atoms with van der Waals surface area (Å²) in [6.07, 6.45) is 1.80. The molecular formula is C5H12OS2. The summed E-state index contributed by atoms with van der Waals surface area (Å²) in [7, 11) is 0. The Morgan fingerprint density at radius 2 is 2.12 bits per heavy atom. The molecule has 3 heteroatoms. The van der Waals surface area contributed by atoms with E-state index in [1.807, 2.05) is 0 Å². The van der Waals surface area contributed by atoms with Gasteiger partial charge in [-0.15, -0.1) is 0 Å². The van der Waals surface area contributed by atoms with Crippen molar-refractivity contribution in [3.8, 4) is 0 Å². The van der Waals surface area contributed by atoms with Gasteiger partial charge in [0.1, 0.15) is 0 Å². The highest BCUT2D eigenvalue weighted by molar-refractivity contribution is 7.84. The maximum absolute atomic E-state index is 8.35. The van der Waals surface area contributed by atoms with Crippen molar-refractivity contribution < 1.29 is 5.11 Å². The van der Waals surface area contributed by atoms with Crippen LogP contribution in [0.1, 0.15) is 12.8 Å². The second kappa shape index (κ2) is 5.79. The lowest BCUT2D eigenvalue weighted by atomic mass is 10.2. The SMILES string of the molecule is OCCC[C@H](S)CS. The van der Waals surface area contributed by atoms with Crippen LogP contribution in [0.4, 0.5) is 0 Å². The zero-order valence-electron chi connectivity index (χ0n) is 4.75. The molecule has 0 fully saturated rings. The van der Waals surface area contributed by atoms with Gasteiger partial charge >= 0.3 is 0 Å². The number of aliphatic hydroxyl groups is 1. The Labute approximate surface area is 61.3 Å². The summed E-state index contributed by atoms with van der Waals surface area (Å²) in [5.74, 6) is 0.795. The molecule has 0 aromatic heterocycles. The maximum Gasteiger partial charge on any atom is 0.0431 e. The maximum atomic E-state index is 8.35. The second-order valence-electron chi connectivity index (χ2n) is 1.70. The average Bonchev–Trinajstić information content (AvgIpc) is 1.83. The molecule has 0 radical (unpaired) electrons. The number of aliphatic hydroxyl groups excluding tert-OH is 1. The predicted molar refractivity (Wildman–Crippen MR) is 42.9 cm³/mol. The standard InChI is InChI=1S/C5H12OS2/c6-3-1-2-5(8)4-7/h5-8H,1-4H2/t5-/m0/s1. The molecule has 0 aliphatic carbocycles. The fourth-order valence-corrected chi connectivity index (χ4v) is 0.783. The van der Waals surface area contributed by atoms with E-state index in [0.29, 0.717) is 5.25 Å². The molecule has 0 amide bonds. The molecule has 0 aliphatic rings. The second-order valence-corrected chi connectivity index (χ2v) is 2.80. The van der Waals surface area contributed by atoms with Gasteiger partial charge in [-0.2, -0.15) is 25.3 Å². The molecule has 1 N–H and O–H groups in total. The molecular weight excluding hydrogens is 140 g/mol. The average molecular weight is 152 g/mol. The molecule has 8 heavy (non-hydrogen) atoms. The van der Waals surface area contributed by atoms with Gasteiger partial charge < -0.3 is 5.11 Å². The van der Waals surface area contributed by atoms with E-state index in [0.717, 1.165) is 18.6 Å². The zero-order chi connectivity index (χ0) is 6.41. The summed E-state index contributed by atoms with van der Waals surface area (Å²) in [5, 5.41) is 8.70. The van der Waals surface area contributed by atoms with Crippen molar-refractivity contribution in [2.75, 3.05) is 12.4 Å². The van der Waals surface area contributed by atoms with Crippen molar-refractivity contribution in [3.05, 3.63) is 0 Å². The van der Waals surface area contributed by atoms with Gasteiger partial charge in [-0.1, -0.05) is 0 Å². The lowest BCUT2D eigenvalue weighted by molar-refractivity contribution is 0.285. The van der Waals surface area contributed by atoms with Gasteiger partial charge in [0.05, 0.1) is 0 Å². The highest BCUT2D eigenvalue weighted by atomic mass is 32.1. The number of rotatable bonds is 4. The first-order valence-corrected chi connectivity index (χ1v) is 3.86. The van der Waals surface area contributed by atoms with E-state index in [1.54, 1.807) is 0 Å². The molecule has 0 spiro atoms. The summed E-state index contributed by atoms with van der Waals surface area (Å²) in [4.78, 5) is 0. The van der Waals surface area contributed by atoms with Crippen LogP contribution in [0.5, 0.6) is 0 Å². The topological polar surface area (TPSA) is 20.2 Å². The van der Waals surface area contributed by atoms with Crippen molar-refractivity contribution in [1.82, 2.24) is 0 Å². The van der Waals surface area contributed by atoms with Crippen LogP contribution in [0.2, 0.25) is 0 Å². The van der Waals surface area contributed by atoms with Crippen LogP contribution < -0.4 is 0 Å². The third kappa shape index (κ3) is 4.81. The van der Waals surface area contributed by atoms with E-state index in [1.165, 1.54) is 0 Å². The summed E-state index contributed by atoms with van der Waals surface area (Å²) in [5.41, 5.74) is 0. The van der Waals surface area contributed by atoms with Crippen molar-refractivity contribution in [2.45, 2.75) is 18.1 Å². The van der Waals surface area contributed by atoms with E-state index in [2.05, 4.69) is 25.3 Å². The van der Waals surface area contributed by atoms with Gasteiger partial charge in [-0.3, -0.25) is 0 Å². The van der Waals surface area contributed by atoms with Gasteiger partial charge in [0.25, 0.3) is 0 Å². The van der Waals surface area contributed by atoms with E-state index < -0.39 is 0 Å². The fraction of sp³-hybridized carbons (Fsp3) is 1.00. The molecule has 1 atom stereocenters. The molecule has 0 aliphatic heterocycles. The van der Waals surface area contributed by atoms with Crippen LogP contribution in [-0.4, -0.2) is 22.7 Å². The van der Waals surface area contributed by atoms with Crippen LogP contribution in [0.25, 0.3) is 0 Å². The summed E-state index contributed by atoms with van der Waals surface area (Å²) >= 11 is 8.21. The molecule has 0 aromatic rings. The quantitative estimate of drug-likeness (QED) is 0.513. The van der Waals surface area contributed by atoms with Crippen LogP contribution in [0, 0.1) is 0 Å². The van der Waals surface area contributed by atoms with E-state index >= 15 is 0 Å². The molecule has 1 nitrogen and oxygen atoms in total. The van der Waals surface area contributed by atoms with E-state index in [-0.39, 0.29) is 6.61 Å². The first-order chi connectivity index (χ1) is 3.81. The Hall–Kier alpha value is 0.660. The summed E-state index contributed by atoms with van der Waals surface area (Å²) in [6.45, 7) is 0.269. The molecule has 0 aromatic carbocycles. The largest absolute Gasteiger partial charge is 0.396 e. The Kier molecular flexibility index (Phi) is 6.27. The molecule has 0 heterocycles. The minimum absolute atomic E-state index is 0.269. The minimum Gasteiger partial charge on any atom is -0.396 e. The Balaban J connectivity index is 2.86. The molecule has 0 unspecified atom stereocenters. The highest BCUT2D eigenvalue weighted by Crippen LogP contribution is 2.04. The summed E-state index contributed by atoms with van der Waals surface area (Å²) in [6, 6.07) is 0. The third-order valence-corrected chi connectivity index (χ3v) is 2.08. The third-order valence-electron chi connectivity index (χ3n) is 0.906. The Morgan fingerprint density at radius 1 is 1.50 bits per heavy atom. The molecule has 50 valence electrons. The Bertz CT molecular complexity index is 49.7. The number of thiol groups is 2. The van der Waals surface area contributed by atoms with Gasteiger partial charge in [0.15, 0.2) is 0 Å². The van der Waals surface area contributed by atoms with Crippen LogP contribution in [0.15, 0.2) is 0 Å². The van der Waals surface area contributed by atoms with Crippen LogP contribution in [-0.2, 0) is 0 Å². The Morgan fingerprint density at radius 3 is 2.50 bits per heavy atom. The predicted octanol–water partition coefficient (Wildman–Crippen LogP) is 0.987. The molecule has 0 bridgehead atoms. The summed E-state index contributed by atoms with van der Waals surface area (Å²) < 4.78 is 0. The van der Waals surface area contributed by atoms with Crippen molar-refractivity contribution in [1.29, 1.82) is 0 Å². The normalized spacial score (nSPS) is 13.9. The van der Waals surface area contributed by atoms with E-state index in [9.17, 15) is 0 Å². The van der Waals surface area contributed by atoms with Gasteiger partial charge in [-0.05, 0) is 12.8 Å². The van der Waals surface area contributed by atoms with Gasteiger partial charge in [-0.25, -0.2) is 0 Å². The lowest BCUT2D eigenvalue weighted by Crippen LogP contribution is -2.00. The smallest absolute Gasteiger partial charge is 0.0431 e. The van der Waals surface area contributed by atoms with Crippen LogP contribution in [0.3, 0.4) is 0 Å². The van der Waals surface area contributed by atoms with Crippen molar-refractivity contribution in [3.63, 3.8) is 0 Å². The molecule has 0 rings (SSSR count). The monoisotopic (exact) mass is 152 g/mol. The minimum atomic E-state index is 0.269. The van der Waals surface area contributed by atoms with Gasteiger partial charge in [0.2, 0.25) is 0 Å². The zero-order valence-corrected chi connectivity index (χ0v) is 6.54. The van der Waals surface area contributed by atoms with Crippen molar-refractivity contribution in [2.24, 2.45) is 0 Å². The van der Waals surface area contributed by atoms with E-state index in [4.69, 9.17) is 5.11 Å². The number of hydrogen-bond donors (Lipinski definition) is 3. The van der Waals surface area contributed by atoms with Crippen LogP contribution >= 0.6 is 25.3 Å². The highest BCUT2D eigenvalue weighted by Gasteiger charge is 1.96. The molecule has 0 saturated heterocycles. The lowest BCUT2D eigenvalue weighted by Gasteiger charge is -2.02. The fourth-order valence-electron chi connectivity index (χ4n) is 0.418. The van der Waals surface area contributed by atoms with Gasteiger partial charge in [0, 0.05) is 17.6 Å². The number of hydrogen-bond acceptors (Lipinski definition) is 3. The first-order valence-electron chi connectivity index (χ1n) is 2.71. The first kappa shape index (κ1) is 8.66.